The van der Waals surface area contributed by atoms with Gasteiger partial charge in [-0.3, -0.25) is 0 Å². The molecular formula is C6H13NO2. The van der Waals surface area contributed by atoms with Crippen LogP contribution in [0.25, 0.3) is 0 Å². The number of likely N-dealkylation sites (tertiary alicyclic amines) is 1. The summed E-state index contributed by atoms with van der Waals surface area (Å²) in [5, 5.41) is 18.0. The lowest BCUT2D eigenvalue weighted by Gasteiger charge is -2.18. The second kappa shape index (κ2) is 2.25. The molecule has 0 bridgehead atoms. The molecule has 0 aromatic heterocycles. The van der Waals surface area contributed by atoms with E-state index in [1.54, 1.807) is 0 Å². The highest BCUT2D eigenvalue weighted by atomic mass is 16.3. The van der Waals surface area contributed by atoms with Crippen molar-refractivity contribution in [3.63, 3.8) is 0 Å². The standard InChI is InChI=1S/C6H13NO2/c1-7-3-2-6(9,4-7)5-8/h8-9H,2-5H2,1H3. The van der Waals surface area contributed by atoms with Gasteiger partial charge in [0.05, 0.1) is 6.61 Å². The molecule has 0 radical (unpaired) electrons. The molecule has 1 atom stereocenters. The predicted molar refractivity (Wildman–Crippen MR) is 34.1 cm³/mol. The van der Waals surface area contributed by atoms with Crippen LogP contribution < -0.4 is 0 Å². The molecule has 0 saturated carbocycles. The summed E-state index contributed by atoms with van der Waals surface area (Å²) in [6, 6.07) is 0. The van der Waals surface area contributed by atoms with E-state index in [4.69, 9.17) is 5.11 Å². The Morgan fingerprint density at radius 3 is 2.56 bits per heavy atom. The summed E-state index contributed by atoms with van der Waals surface area (Å²) in [7, 11) is 1.94. The zero-order valence-electron chi connectivity index (χ0n) is 5.67. The van der Waals surface area contributed by atoms with Gasteiger partial charge in [-0.15, -0.1) is 0 Å². The number of hydrogen-bond donors (Lipinski definition) is 2. The maximum absolute atomic E-state index is 9.38. The van der Waals surface area contributed by atoms with E-state index >= 15 is 0 Å². The summed E-state index contributed by atoms with van der Waals surface area (Å²) in [6.07, 6.45) is 0.694. The van der Waals surface area contributed by atoms with E-state index in [9.17, 15) is 5.11 Å². The summed E-state index contributed by atoms with van der Waals surface area (Å²) in [5.41, 5.74) is -0.811. The first-order valence-corrected chi connectivity index (χ1v) is 3.18. The maximum Gasteiger partial charge on any atom is 0.101 e. The molecule has 2 N–H and O–H groups in total. The van der Waals surface area contributed by atoms with Crippen molar-refractivity contribution in [1.82, 2.24) is 4.90 Å². The molecule has 1 saturated heterocycles. The number of likely N-dealkylation sites (N-methyl/N-ethyl adjacent to an activating group) is 1. The summed E-state index contributed by atoms with van der Waals surface area (Å²) < 4.78 is 0. The predicted octanol–water partition coefficient (Wildman–Crippen LogP) is -0.955. The van der Waals surface area contributed by atoms with E-state index in [1.807, 2.05) is 11.9 Å². The van der Waals surface area contributed by atoms with Crippen LogP contribution in [0, 0.1) is 0 Å². The van der Waals surface area contributed by atoms with E-state index in [-0.39, 0.29) is 6.61 Å². The Hall–Kier alpha value is -0.120. The quantitative estimate of drug-likeness (QED) is 0.482. The number of aliphatic hydroxyl groups is 2. The van der Waals surface area contributed by atoms with Gasteiger partial charge in [0, 0.05) is 13.1 Å². The Balaban J connectivity index is 2.45. The van der Waals surface area contributed by atoms with Gasteiger partial charge in [-0.25, -0.2) is 0 Å². The lowest BCUT2D eigenvalue weighted by atomic mass is 10.1. The van der Waals surface area contributed by atoms with E-state index in [1.165, 1.54) is 0 Å². The van der Waals surface area contributed by atoms with Crippen LogP contribution in [0.3, 0.4) is 0 Å². The second-order valence-electron chi connectivity index (χ2n) is 2.87. The Bertz CT molecular complexity index is 107. The Morgan fingerprint density at radius 2 is 2.33 bits per heavy atom. The highest BCUT2D eigenvalue weighted by Gasteiger charge is 2.33. The van der Waals surface area contributed by atoms with E-state index in [0.717, 1.165) is 6.54 Å². The monoisotopic (exact) mass is 131 g/mol. The molecule has 0 amide bonds. The van der Waals surface area contributed by atoms with Crippen molar-refractivity contribution in [2.45, 2.75) is 12.0 Å². The molecule has 1 rings (SSSR count). The third-order valence-corrected chi connectivity index (χ3v) is 1.82. The molecule has 0 aliphatic carbocycles. The fourth-order valence-electron chi connectivity index (χ4n) is 1.19. The highest BCUT2D eigenvalue weighted by molar-refractivity contribution is 4.87. The zero-order valence-corrected chi connectivity index (χ0v) is 5.67. The van der Waals surface area contributed by atoms with Crippen LogP contribution in [-0.4, -0.2) is 47.5 Å². The van der Waals surface area contributed by atoms with Crippen molar-refractivity contribution >= 4 is 0 Å². The number of rotatable bonds is 1. The zero-order chi connectivity index (χ0) is 6.91. The van der Waals surface area contributed by atoms with Gasteiger partial charge in [-0.2, -0.15) is 0 Å². The minimum Gasteiger partial charge on any atom is -0.393 e. The first kappa shape index (κ1) is 6.99. The van der Waals surface area contributed by atoms with Crippen LogP contribution in [0.2, 0.25) is 0 Å². The Kier molecular flexibility index (Phi) is 1.75. The van der Waals surface area contributed by atoms with Crippen LogP contribution in [0.5, 0.6) is 0 Å². The van der Waals surface area contributed by atoms with Crippen molar-refractivity contribution in [1.29, 1.82) is 0 Å². The molecule has 1 fully saturated rings. The third kappa shape index (κ3) is 1.41. The molecule has 54 valence electrons. The molecule has 0 spiro atoms. The average molecular weight is 131 g/mol. The number of nitrogens with zero attached hydrogens (tertiary/aromatic N) is 1. The first-order valence-electron chi connectivity index (χ1n) is 3.18. The number of β-amino-alcohol motifs (C(OH)–C–C–N with tert-alkyl or cyclic N) is 1. The minimum atomic E-state index is -0.811. The van der Waals surface area contributed by atoms with Gasteiger partial charge in [0.1, 0.15) is 5.60 Å². The van der Waals surface area contributed by atoms with Crippen LogP contribution in [0.15, 0.2) is 0 Å². The summed E-state index contributed by atoms with van der Waals surface area (Å²) in [4.78, 5) is 2.01. The van der Waals surface area contributed by atoms with Gasteiger partial charge in [0.25, 0.3) is 0 Å². The van der Waals surface area contributed by atoms with Crippen molar-refractivity contribution in [2.24, 2.45) is 0 Å². The van der Waals surface area contributed by atoms with Crippen molar-refractivity contribution in [2.75, 3.05) is 26.7 Å². The molecule has 3 nitrogen and oxygen atoms in total. The van der Waals surface area contributed by atoms with E-state index in [0.29, 0.717) is 13.0 Å². The molecule has 1 aliphatic heterocycles. The van der Waals surface area contributed by atoms with Gasteiger partial charge in [-0.1, -0.05) is 0 Å². The first-order chi connectivity index (χ1) is 4.16. The molecule has 0 aromatic rings. The molecule has 9 heavy (non-hydrogen) atoms. The second-order valence-corrected chi connectivity index (χ2v) is 2.87. The van der Waals surface area contributed by atoms with Gasteiger partial charge in [0.15, 0.2) is 0 Å². The SMILES string of the molecule is CN1CCC(O)(CO)C1. The normalized spacial score (nSPS) is 37.7. The average Bonchev–Trinajstić information content (AvgIpc) is 2.13. The van der Waals surface area contributed by atoms with Crippen molar-refractivity contribution in [3.05, 3.63) is 0 Å². The van der Waals surface area contributed by atoms with Gasteiger partial charge < -0.3 is 15.1 Å². The third-order valence-electron chi connectivity index (χ3n) is 1.82. The van der Waals surface area contributed by atoms with Gasteiger partial charge in [-0.05, 0) is 13.5 Å². The van der Waals surface area contributed by atoms with Crippen molar-refractivity contribution < 1.29 is 10.2 Å². The summed E-state index contributed by atoms with van der Waals surface area (Å²) >= 11 is 0. The van der Waals surface area contributed by atoms with Crippen LogP contribution in [-0.2, 0) is 0 Å². The van der Waals surface area contributed by atoms with Crippen LogP contribution in [0.4, 0.5) is 0 Å². The van der Waals surface area contributed by atoms with E-state index < -0.39 is 5.60 Å². The molecule has 1 aliphatic rings. The fraction of sp³-hybridized carbons (Fsp3) is 1.00. The van der Waals surface area contributed by atoms with Crippen LogP contribution >= 0.6 is 0 Å². The lowest BCUT2D eigenvalue weighted by molar-refractivity contribution is -0.00358. The van der Waals surface area contributed by atoms with Crippen molar-refractivity contribution in [3.8, 4) is 0 Å². The molecule has 0 aromatic carbocycles. The smallest absolute Gasteiger partial charge is 0.101 e. The maximum atomic E-state index is 9.38. The molecule has 1 unspecified atom stereocenters. The molecule has 3 heteroatoms. The van der Waals surface area contributed by atoms with Gasteiger partial charge >= 0.3 is 0 Å². The fourth-order valence-corrected chi connectivity index (χ4v) is 1.19. The van der Waals surface area contributed by atoms with Gasteiger partial charge in [0.2, 0.25) is 0 Å². The Labute approximate surface area is 54.9 Å². The number of aliphatic hydroxyl groups excluding tert-OH is 1. The minimum absolute atomic E-state index is 0.114. The highest BCUT2D eigenvalue weighted by Crippen LogP contribution is 2.18. The summed E-state index contributed by atoms with van der Waals surface area (Å²) in [5.74, 6) is 0. The van der Waals surface area contributed by atoms with Crippen LogP contribution in [0.1, 0.15) is 6.42 Å². The topological polar surface area (TPSA) is 43.7 Å². The molecular weight excluding hydrogens is 118 g/mol. The Morgan fingerprint density at radius 1 is 1.67 bits per heavy atom. The largest absolute Gasteiger partial charge is 0.393 e. The lowest BCUT2D eigenvalue weighted by Crippen LogP contribution is -2.35. The van der Waals surface area contributed by atoms with E-state index in [2.05, 4.69) is 0 Å². The molecule has 1 heterocycles. The summed E-state index contributed by atoms with van der Waals surface area (Å²) in [6.45, 7) is 1.37. The number of hydrogen-bond acceptors (Lipinski definition) is 3.